The molecule has 0 aliphatic carbocycles. The van der Waals surface area contributed by atoms with E-state index < -0.39 is 0 Å². The van der Waals surface area contributed by atoms with E-state index in [-0.39, 0.29) is 11.2 Å². The molecule has 2 aromatic rings. The Bertz CT molecular complexity index is 654. The van der Waals surface area contributed by atoms with Gasteiger partial charge in [-0.25, -0.2) is 0 Å². The van der Waals surface area contributed by atoms with E-state index in [0.29, 0.717) is 19.8 Å². The lowest BCUT2D eigenvalue weighted by Gasteiger charge is -2.10. The van der Waals surface area contributed by atoms with Crippen LogP contribution in [0.2, 0.25) is 0 Å². The van der Waals surface area contributed by atoms with E-state index in [4.69, 9.17) is 9.15 Å². The quantitative estimate of drug-likeness (QED) is 0.791. The van der Waals surface area contributed by atoms with E-state index >= 15 is 0 Å². The third kappa shape index (κ3) is 4.39. The van der Waals surface area contributed by atoms with E-state index in [2.05, 4.69) is 30.4 Å². The normalized spacial score (nSPS) is 16.3. The van der Waals surface area contributed by atoms with Crippen molar-refractivity contribution in [1.29, 1.82) is 0 Å². The molecule has 1 N–H and O–H groups in total. The van der Waals surface area contributed by atoms with Crippen molar-refractivity contribution in [3.8, 4) is 0 Å². The van der Waals surface area contributed by atoms with Crippen molar-refractivity contribution in [2.75, 3.05) is 13.2 Å². The minimum absolute atomic E-state index is 0.00385. The highest BCUT2D eigenvalue weighted by Crippen LogP contribution is 2.37. The van der Waals surface area contributed by atoms with Gasteiger partial charge in [0.2, 0.25) is 5.91 Å². The molecule has 1 aliphatic rings. The maximum atomic E-state index is 12.2. The van der Waals surface area contributed by atoms with Gasteiger partial charge < -0.3 is 14.5 Å². The van der Waals surface area contributed by atoms with Gasteiger partial charge in [-0.2, -0.15) is 0 Å². The van der Waals surface area contributed by atoms with Gasteiger partial charge in [0.25, 0.3) is 0 Å². The first-order valence-corrected chi connectivity index (χ1v) is 8.74. The molecule has 5 heteroatoms. The first kappa shape index (κ1) is 16.1. The molecule has 0 saturated heterocycles. The molecule has 0 fully saturated rings. The van der Waals surface area contributed by atoms with Crippen molar-refractivity contribution in [3.05, 3.63) is 53.5 Å². The van der Waals surface area contributed by atoms with E-state index in [1.54, 1.807) is 18.0 Å². The highest BCUT2D eigenvalue weighted by molar-refractivity contribution is 8.01. The highest BCUT2D eigenvalue weighted by atomic mass is 32.2. The summed E-state index contributed by atoms with van der Waals surface area (Å²) in [5, 5.41) is 3.00. The largest absolute Gasteiger partial charge is 0.467 e. The monoisotopic (exact) mass is 331 g/mol. The molecule has 0 saturated carbocycles. The Balaban J connectivity index is 1.33. The number of benzene rings is 1. The summed E-state index contributed by atoms with van der Waals surface area (Å²) in [6, 6.07) is 10.1. The van der Waals surface area contributed by atoms with Gasteiger partial charge in [0.1, 0.15) is 12.4 Å². The molecule has 1 aromatic carbocycles. The summed E-state index contributed by atoms with van der Waals surface area (Å²) < 4.78 is 10.7. The molecule has 3 rings (SSSR count). The zero-order valence-electron chi connectivity index (χ0n) is 13.2. The van der Waals surface area contributed by atoms with E-state index in [1.165, 1.54) is 16.0 Å². The smallest absolute Gasteiger partial charge is 0.233 e. The maximum Gasteiger partial charge on any atom is 0.233 e. The third-order valence-electron chi connectivity index (χ3n) is 3.78. The molecule has 2 heterocycles. The Morgan fingerprint density at radius 2 is 2.35 bits per heavy atom. The Morgan fingerprint density at radius 3 is 3.17 bits per heavy atom. The second kappa shape index (κ2) is 7.70. The Hall–Kier alpha value is -1.72. The zero-order valence-corrected chi connectivity index (χ0v) is 14.0. The van der Waals surface area contributed by atoms with Crippen molar-refractivity contribution in [2.45, 2.75) is 36.5 Å². The number of fused-ring (bicyclic) bond motifs is 1. The molecule has 1 atom stereocenters. The standard InChI is InChI=1S/C18H21NO3S/c1-13-5-6-14-11-17(23-16(14)10-13)18(20)19-7-3-8-21-12-15-4-2-9-22-15/h2,4-6,9-10,17H,3,7-8,11-12H2,1H3,(H,19,20)/t17-/m1/s1. The Labute approximate surface area is 140 Å². The number of hydrogen-bond acceptors (Lipinski definition) is 4. The van der Waals surface area contributed by atoms with Gasteiger partial charge in [-0.1, -0.05) is 17.7 Å². The van der Waals surface area contributed by atoms with Crippen molar-refractivity contribution in [1.82, 2.24) is 5.32 Å². The number of hydrogen-bond donors (Lipinski definition) is 1. The van der Waals surface area contributed by atoms with Crippen molar-refractivity contribution >= 4 is 17.7 Å². The van der Waals surface area contributed by atoms with Crippen molar-refractivity contribution < 1.29 is 13.9 Å². The van der Waals surface area contributed by atoms with Gasteiger partial charge in [-0.15, -0.1) is 11.8 Å². The predicted molar refractivity (Wildman–Crippen MR) is 90.5 cm³/mol. The molecule has 122 valence electrons. The number of nitrogens with one attached hydrogen (secondary N) is 1. The average Bonchev–Trinajstić information content (AvgIpc) is 3.19. The summed E-state index contributed by atoms with van der Waals surface area (Å²) >= 11 is 1.67. The van der Waals surface area contributed by atoms with Gasteiger partial charge in [0.05, 0.1) is 11.5 Å². The fraction of sp³-hybridized carbons (Fsp3) is 0.389. The number of thioether (sulfide) groups is 1. The maximum absolute atomic E-state index is 12.2. The van der Waals surface area contributed by atoms with Crippen LogP contribution >= 0.6 is 11.8 Å². The fourth-order valence-corrected chi connectivity index (χ4v) is 3.86. The Morgan fingerprint density at radius 1 is 1.43 bits per heavy atom. The highest BCUT2D eigenvalue weighted by Gasteiger charge is 2.27. The topological polar surface area (TPSA) is 51.5 Å². The van der Waals surface area contributed by atoms with E-state index in [9.17, 15) is 4.79 Å². The van der Waals surface area contributed by atoms with Crippen LogP contribution in [0.15, 0.2) is 45.9 Å². The SMILES string of the molecule is Cc1ccc2c(c1)S[C@@H](C(=O)NCCCOCc1ccco1)C2. The van der Waals surface area contributed by atoms with E-state index in [1.807, 2.05) is 12.1 Å². The zero-order chi connectivity index (χ0) is 16.1. The third-order valence-corrected chi connectivity index (χ3v) is 5.08. The summed E-state index contributed by atoms with van der Waals surface area (Å²) in [6.45, 7) is 3.81. The summed E-state index contributed by atoms with van der Waals surface area (Å²) in [7, 11) is 0. The molecule has 4 nitrogen and oxygen atoms in total. The van der Waals surface area contributed by atoms with Crippen LogP contribution in [0.3, 0.4) is 0 Å². The van der Waals surface area contributed by atoms with Gasteiger partial charge >= 0.3 is 0 Å². The molecular formula is C18H21NO3S. The van der Waals surface area contributed by atoms with Gasteiger partial charge in [0.15, 0.2) is 0 Å². The molecule has 0 unspecified atom stereocenters. The second-order valence-corrected chi connectivity index (χ2v) is 6.94. The fourth-order valence-electron chi connectivity index (χ4n) is 2.55. The number of aryl methyl sites for hydroxylation is 1. The first-order valence-electron chi connectivity index (χ1n) is 7.86. The van der Waals surface area contributed by atoms with Crippen molar-refractivity contribution in [2.24, 2.45) is 0 Å². The van der Waals surface area contributed by atoms with Crippen LogP contribution in [0.4, 0.5) is 0 Å². The van der Waals surface area contributed by atoms with Gasteiger partial charge in [-0.05, 0) is 43.5 Å². The number of ether oxygens (including phenoxy) is 1. The molecule has 23 heavy (non-hydrogen) atoms. The van der Waals surface area contributed by atoms with Gasteiger partial charge in [0, 0.05) is 18.0 Å². The molecule has 0 spiro atoms. The molecular weight excluding hydrogens is 310 g/mol. The van der Waals surface area contributed by atoms with E-state index in [0.717, 1.165) is 18.6 Å². The van der Waals surface area contributed by atoms with Crippen LogP contribution in [-0.4, -0.2) is 24.3 Å². The van der Waals surface area contributed by atoms with Crippen LogP contribution < -0.4 is 5.32 Å². The minimum atomic E-state index is -0.00385. The second-order valence-electron chi connectivity index (χ2n) is 5.70. The van der Waals surface area contributed by atoms with Crippen LogP contribution in [0, 0.1) is 6.92 Å². The molecule has 1 amide bonds. The molecule has 0 radical (unpaired) electrons. The average molecular weight is 331 g/mol. The lowest BCUT2D eigenvalue weighted by Crippen LogP contribution is -2.33. The van der Waals surface area contributed by atoms with Crippen LogP contribution in [0.5, 0.6) is 0 Å². The number of rotatable bonds is 7. The van der Waals surface area contributed by atoms with Crippen LogP contribution in [0.25, 0.3) is 0 Å². The van der Waals surface area contributed by atoms with Gasteiger partial charge in [-0.3, -0.25) is 4.79 Å². The minimum Gasteiger partial charge on any atom is -0.467 e. The molecule has 0 bridgehead atoms. The first-order chi connectivity index (χ1) is 11.2. The summed E-state index contributed by atoms with van der Waals surface area (Å²) in [5.41, 5.74) is 2.52. The number of amides is 1. The van der Waals surface area contributed by atoms with Crippen LogP contribution in [0.1, 0.15) is 23.3 Å². The summed E-state index contributed by atoms with van der Waals surface area (Å²) in [4.78, 5) is 13.5. The van der Waals surface area contributed by atoms with Crippen molar-refractivity contribution in [3.63, 3.8) is 0 Å². The lowest BCUT2D eigenvalue weighted by molar-refractivity contribution is -0.120. The molecule has 1 aromatic heterocycles. The number of carbonyl (C=O) groups is 1. The number of furan rings is 1. The molecule has 1 aliphatic heterocycles. The lowest BCUT2D eigenvalue weighted by atomic mass is 10.1. The number of carbonyl (C=O) groups excluding carboxylic acids is 1. The summed E-state index contributed by atoms with van der Waals surface area (Å²) in [6.07, 6.45) is 3.26. The predicted octanol–water partition coefficient (Wildman–Crippen LogP) is 3.33. The Kier molecular flexibility index (Phi) is 5.41. The summed E-state index contributed by atoms with van der Waals surface area (Å²) in [5.74, 6) is 0.944. The van der Waals surface area contributed by atoms with Crippen LogP contribution in [-0.2, 0) is 22.6 Å².